The Kier molecular flexibility index (Phi) is 5.58. The Morgan fingerprint density at radius 1 is 1.07 bits per heavy atom. The average Bonchev–Trinajstić information content (AvgIpc) is 2.75. The van der Waals surface area contributed by atoms with E-state index in [1.54, 1.807) is 6.20 Å². The summed E-state index contributed by atoms with van der Waals surface area (Å²) in [5.41, 5.74) is 5.28. The van der Waals surface area contributed by atoms with Gasteiger partial charge in [-0.15, -0.1) is 0 Å². The predicted octanol–water partition coefficient (Wildman–Crippen LogP) is 3.69. The van der Waals surface area contributed by atoms with Crippen molar-refractivity contribution in [1.82, 2.24) is 10.3 Å². The number of benzene rings is 2. The minimum atomic E-state index is -0.593. The Morgan fingerprint density at radius 3 is 2.74 bits per heavy atom. The molecule has 2 heterocycles. The smallest absolute Gasteiger partial charge is 0.0953 e. The number of aliphatic hydroxyl groups excluding tert-OH is 1. The number of hydrogen-bond acceptors (Lipinski definition) is 4. The van der Waals surface area contributed by atoms with Gasteiger partial charge in [0.05, 0.1) is 18.8 Å². The fraction of sp³-hybridized carbons (Fsp3) is 0.261. The second-order valence-corrected chi connectivity index (χ2v) is 6.81. The number of aliphatic hydroxyl groups is 1. The van der Waals surface area contributed by atoms with Crippen LogP contribution in [-0.2, 0) is 11.2 Å². The van der Waals surface area contributed by atoms with Crippen LogP contribution in [0.5, 0.6) is 0 Å². The van der Waals surface area contributed by atoms with Crippen molar-refractivity contribution in [3.8, 4) is 11.1 Å². The van der Waals surface area contributed by atoms with Gasteiger partial charge >= 0.3 is 0 Å². The Hall–Kier alpha value is -2.53. The molecule has 1 aliphatic heterocycles. The van der Waals surface area contributed by atoms with Gasteiger partial charge in [0.2, 0.25) is 0 Å². The van der Waals surface area contributed by atoms with Crippen LogP contribution in [-0.4, -0.2) is 29.8 Å². The van der Waals surface area contributed by atoms with E-state index >= 15 is 0 Å². The van der Waals surface area contributed by atoms with Crippen LogP contribution in [0.2, 0.25) is 0 Å². The molecule has 2 N–H and O–H groups in total. The monoisotopic (exact) mass is 360 g/mol. The number of hydrogen-bond donors (Lipinski definition) is 2. The number of ether oxygens (including phenoxy) is 1. The normalized spacial score (nSPS) is 18.2. The van der Waals surface area contributed by atoms with E-state index in [0.29, 0.717) is 13.0 Å². The van der Waals surface area contributed by atoms with Gasteiger partial charge < -0.3 is 15.2 Å². The molecule has 0 bridgehead atoms. The van der Waals surface area contributed by atoms with Gasteiger partial charge in [0.1, 0.15) is 0 Å². The van der Waals surface area contributed by atoms with Gasteiger partial charge in [0.25, 0.3) is 0 Å². The summed E-state index contributed by atoms with van der Waals surface area (Å²) in [6.07, 6.45) is 3.57. The maximum atomic E-state index is 11.1. The quantitative estimate of drug-likeness (QED) is 0.729. The third-order valence-electron chi connectivity index (χ3n) is 5.03. The molecule has 1 aliphatic rings. The van der Waals surface area contributed by atoms with E-state index in [1.807, 2.05) is 48.7 Å². The van der Waals surface area contributed by atoms with Crippen LogP contribution in [0.3, 0.4) is 0 Å². The molecule has 1 aromatic heterocycles. The standard InChI is InChI=1S/C23H24N2O2/c26-22(20-9-3-4-10-21(20)23-16-25-12-13-27-23)14-17-6-1-2-8-19(17)18-7-5-11-24-15-18/h1-11,15,22-23,25-26H,12-14,16H2. The molecule has 27 heavy (non-hydrogen) atoms. The second kappa shape index (κ2) is 8.44. The zero-order valence-electron chi connectivity index (χ0n) is 15.2. The molecule has 2 unspecified atom stereocenters. The molecule has 2 atom stereocenters. The van der Waals surface area contributed by atoms with Crippen molar-refractivity contribution in [1.29, 1.82) is 0 Å². The molecule has 0 aliphatic carbocycles. The third-order valence-corrected chi connectivity index (χ3v) is 5.03. The Balaban J connectivity index is 1.62. The predicted molar refractivity (Wildman–Crippen MR) is 106 cm³/mol. The lowest BCUT2D eigenvalue weighted by atomic mass is 9.91. The van der Waals surface area contributed by atoms with Crippen molar-refractivity contribution < 1.29 is 9.84 Å². The van der Waals surface area contributed by atoms with E-state index in [4.69, 9.17) is 4.74 Å². The zero-order chi connectivity index (χ0) is 18.5. The summed E-state index contributed by atoms with van der Waals surface area (Å²) in [5.74, 6) is 0. The van der Waals surface area contributed by atoms with Crippen LogP contribution in [0, 0.1) is 0 Å². The first-order valence-corrected chi connectivity index (χ1v) is 9.40. The molecular weight excluding hydrogens is 336 g/mol. The van der Waals surface area contributed by atoms with Crippen LogP contribution in [0.1, 0.15) is 28.9 Å². The molecule has 138 valence electrons. The summed E-state index contributed by atoms with van der Waals surface area (Å²) in [6.45, 7) is 2.34. The van der Waals surface area contributed by atoms with E-state index in [1.165, 1.54) is 0 Å². The zero-order valence-corrected chi connectivity index (χ0v) is 15.2. The maximum absolute atomic E-state index is 11.1. The number of aromatic nitrogens is 1. The SMILES string of the molecule is OC(Cc1ccccc1-c1cccnc1)c1ccccc1C1CNCCO1. The highest BCUT2D eigenvalue weighted by molar-refractivity contribution is 5.66. The van der Waals surface area contributed by atoms with Gasteiger partial charge in [0, 0.05) is 37.5 Å². The molecule has 4 nitrogen and oxygen atoms in total. The summed E-state index contributed by atoms with van der Waals surface area (Å²) >= 11 is 0. The molecule has 0 spiro atoms. The largest absolute Gasteiger partial charge is 0.388 e. The number of nitrogens with one attached hydrogen (secondary N) is 1. The van der Waals surface area contributed by atoms with Gasteiger partial charge in [-0.1, -0.05) is 54.6 Å². The lowest BCUT2D eigenvalue weighted by molar-refractivity contribution is 0.0254. The van der Waals surface area contributed by atoms with E-state index in [2.05, 4.69) is 28.5 Å². The molecule has 4 rings (SSSR count). The molecule has 0 amide bonds. The lowest BCUT2D eigenvalue weighted by Crippen LogP contribution is -2.34. The number of nitrogens with zero attached hydrogens (tertiary/aromatic N) is 1. The van der Waals surface area contributed by atoms with E-state index in [-0.39, 0.29) is 6.10 Å². The highest BCUT2D eigenvalue weighted by Crippen LogP contribution is 2.31. The lowest BCUT2D eigenvalue weighted by Gasteiger charge is -2.27. The molecule has 3 aromatic rings. The Morgan fingerprint density at radius 2 is 1.93 bits per heavy atom. The Labute approximate surface area is 159 Å². The van der Waals surface area contributed by atoms with Crippen molar-refractivity contribution in [2.24, 2.45) is 0 Å². The van der Waals surface area contributed by atoms with Crippen molar-refractivity contribution >= 4 is 0 Å². The van der Waals surface area contributed by atoms with Crippen molar-refractivity contribution in [2.45, 2.75) is 18.6 Å². The molecule has 0 saturated carbocycles. The molecule has 0 radical (unpaired) electrons. The second-order valence-electron chi connectivity index (χ2n) is 6.81. The topological polar surface area (TPSA) is 54.4 Å². The van der Waals surface area contributed by atoms with Gasteiger partial charge in [-0.3, -0.25) is 4.98 Å². The summed E-state index contributed by atoms with van der Waals surface area (Å²) in [5, 5.41) is 14.4. The number of pyridine rings is 1. The minimum absolute atomic E-state index is 0.0156. The first-order chi connectivity index (χ1) is 13.3. The van der Waals surface area contributed by atoms with Crippen molar-refractivity contribution in [2.75, 3.05) is 19.7 Å². The maximum Gasteiger partial charge on any atom is 0.0953 e. The molecule has 1 fully saturated rings. The van der Waals surface area contributed by atoms with Gasteiger partial charge in [-0.25, -0.2) is 0 Å². The van der Waals surface area contributed by atoms with E-state index in [0.717, 1.165) is 40.9 Å². The summed E-state index contributed by atoms with van der Waals surface area (Å²) in [4.78, 5) is 4.23. The van der Waals surface area contributed by atoms with Crippen LogP contribution in [0.4, 0.5) is 0 Å². The first kappa shape index (κ1) is 17.9. The average molecular weight is 360 g/mol. The van der Waals surface area contributed by atoms with E-state index < -0.39 is 6.10 Å². The summed E-state index contributed by atoms with van der Waals surface area (Å²) < 4.78 is 5.92. The number of morpholine rings is 1. The summed E-state index contributed by atoms with van der Waals surface area (Å²) in [7, 11) is 0. The van der Waals surface area contributed by atoms with Crippen LogP contribution in [0.25, 0.3) is 11.1 Å². The molecule has 2 aromatic carbocycles. The molecular formula is C23H24N2O2. The molecule has 4 heteroatoms. The van der Waals surface area contributed by atoms with Crippen LogP contribution >= 0.6 is 0 Å². The molecule has 1 saturated heterocycles. The van der Waals surface area contributed by atoms with Gasteiger partial charge in [-0.2, -0.15) is 0 Å². The fourth-order valence-electron chi connectivity index (χ4n) is 3.69. The van der Waals surface area contributed by atoms with Crippen molar-refractivity contribution in [3.05, 3.63) is 89.7 Å². The Bertz CT molecular complexity index is 876. The minimum Gasteiger partial charge on any atom is -0.388 e. The summed E-state index contributed by atoms with van der Waals surface area (Å²) in [6, 6.07) is 20.2. The van der Waals surface area contributed by atoms with Gasteiger partial charge in [0.15, 0.2) is 0 Å². The highest BCUT2D eigenvalue weighted by atomic mass is 16.5. The van der Waals surface area contributed by atoms with Crippen molar-refractivity contribution in [3.63, 3.8) is 0 Å². The van der Waals surface area contributed by atoms with E-state index in [9.17, 15) is 5.11 Å². The van der Waals surface area contributed by atoms with Crippen LogP contribution in [0.15, 0.2) is 73.1 Å². The number of rotatable bonds is 5. The highest BCUT2D eigenvalue weighted by Gasteiger charge is 2.22. The van der Waals surface area contributed by atoms with Crippen LogP contribution < -0.4 is 5.32 Å². The van der Waals surface area contributed by atoms with Gasteiger partial charge in [-0.05, 0) is 28.3 Å². The third kappa shape index (κ3) is 4.08. The fourth-order valence-corrected chi connectivity index (χ4v) is 3.69. The first-order valence-electron chi connectivity index (χ1n) is 9.40.